The van der Waals surface area contributed by atoms with E-state index in [-0.39, 0.29) is 41.9 Å². The van der Waals surface area contributed by atoms with Crippen LogP contribution in [0.3, 0.4) is 0 Å². The Labute approximate surface area is 199 Å². The van der Waals surface area contributed by atoms with Crippen LogP contribution >= 0.6 is 11.3 Å². The first kappa shape index (κ1) is 26.3. The maximum absolute atomic E-state index is 13.7. The molecule has 34 heavy (non-hydrogen) atoms. The Kier molecular flexibility index (Phi) is 7.27. The number of anilines is 1. The molecule has 0 spiro atoms. The Morgan fingerprint density at radius 2 is 1.94 bits per heavy atom. The monoisotopic (exact) mass is 521 g/mol. The van der Waals surface area contributed by atoms with Gasteiger partial charge >= 0.3 is 6.18 Å². The zero-order chi connectivity index (χ0) is 25.5. The number of hydrogen-bond acceptors (Lipinski definition) is 8. The molecule has 0 aliphatic carbocycles. The van der Waals surface area contributed by atoms with Crippen LogP contribution in [0, 0.1) is 0 Å². The number of nitrogens with zero attached hydrogens (tertiary/aromatic N) is 3. The third kappa shape index (κ3) is 6.43. The van der Waals surface area contributed by atoms with Crippen LogP contribution in [-0.4, -0.2) is 64.7 Å². The van der Waals surface area contributed by atoms with Crippen LogP contribution in [0.1, 0.15) is 47.5 Å². The van der Waals surface area contributed by atoms with E-state index < -0.39 is 39.0 Å². The molecule has 2 aromatic rings. The topological polar surface area (TPSA) is 139 Å². The number of sulfonamides is 1. The van der Waals surface area contributed by atoms with Gasteiger partial charge in [-0.2, -0.15) is 13.2 Å². The molecule has 0 aromatic carbocycles. The number of piperidine rings is 1. The van der Waals surface area contributed by atoms with Gasteiger partial charge < -0.3 is 16.2 Å². The van der Waals surface area contributed by atoms with Crippen molar-refractivity contribution >= 4 is 33.2 Å². The molecule has 3 heterocycles. The van der Waals surface area contributed by atoms with Crippen LogP contribution in [0.2, 0.25) is 0 Å². The van der Waals surface area contributed by atoms with Crippen molar-refractivity contribution in [2.24, 2.45) is 5.73 Å². The molecule has 3 rings (SSSR count). The van der Waals surface area contributed by atoms with Gasteiger partial charge in [0.25, 0.3) is 0 Å². The van der Waals surface area contributed by atoms with E-state index in [1.54, 1.807) is 0 Å². The predicted octanol–water partition coefficient (Wildman–Crippen LogP) is 2.47. The molecule has 0 bridgehead atoms. The third-order valence-electron chi connectivity index (χ3n) is 5.25. The number of primary amides is 1. The highest BCUT2D eigenvalue weighted by Crippen LogP contribution is 2.40. The lowest BCUT2D eigenvalue weighted by atomic mass is 10.0. The quantitative estimate of drug-likeness (QED) is 0.509. The summed E-state index contributed by atoms with van der Waals surface area (Å²) in [5.41, 5.74) is 2.75. The van der Waals surface area contributed by atoms with E-state index in [4.69, 9.17) is 5.73 Å². The van der Waals surface area contributed by atoms with Gasteiger partial charge in [-0.1, -0.05) is 0 Å². The molecule has 14 heteroatoms. The average Bonchev–Trinajstić information content (AvgIpc) is 3.09. The Bertz CT molecular complexity index is 1170. The van der Waals surface area contributed by atoms with Crippen LogP contribution in [0.25, 0.3) is 10.6 Å². The smallest absolute Gasteiger partial charge is 0.390 e. The first-order chi connectivity index (χ1) is 15.5. The SMILES string of the molecule is CC(C)(O)Cc1sc(-c2nc(NC3CCN(S(C)(=O)=O)CC3)ncc2C(F)(F)F)cc1C(N)=O. The maximum atomic E-state index is 13.7. The molecule has 0 unspecified atom stereocenters. The molecule has 9 nitrogen and oxygen atoms in total. The predicted molar refractivity (Wildman–Crippen MR) is 122 cm³/mol. The Morgan fingerprint density at radius 1 is 1.32 bits per heavy atom. The highest BCUT2D eigenvalue weighted by atomic mass is 32.2. The summed E-state index contributed by atoms with van der Waals surface area (Å²) in [5, 5.41) is 13.1. The third-order valence-corrected chi connectivity index (χ3v) is 7.70. The lowest BCUT2D eigenvalue weighted by molar-refractivity contribution is -0.137. The molecule has 1 saturated heterocycles. The van der Waals surface area contributed by atoms with Crippen LogP contribution in [0.15, 0.2) is 12.3 Å². The summed E-state index contributed by atoms with van der Waals surface area (Å²) in [5.74, 6) is -0.862. The van der Waals surface area contributed by atoms with Gasteiger partial charge in [-0.05, 0) is 32.8 Å². The largest absolute Gasteiger partial charge is 0.420 e. The van der Waals surface area contributed by atoms with Crippen LogP contribution in [-0.2, 0) is 22.6 Å². The number of thiophene rings is 1. The van der Waals surface area contributed by atoms with Crippen molar-refractivity contribution in [3.05, 3.63) is 28.3 Å². The molecule has 4 N–H and O–H groups in total. The first-order valence-corrected chi connectivity index (χ1v) is 13.0. The summed E-state index contributed by atoms with van der Waals surface area (Å²) in [7, 11) is -3.31. The first-order valence-electron chi connectivity index (χ1n) is 10.4. The number of rotatable bonds is 7. The van der Waals surface area contributed by atoms with Gasteiger partial charge in [0.2, 0.25) is 21.9 Å². The second kappa shape index (κ2) is 9.40. The number of halogens is 3. The minimum absolute atomic E-state index is 0.0202. The number of carbonyl (C=O) groups excluding carboxylic acids is 1. The van der Waals surface area contributed by atoms with Crippen molar-refractivity contribution in [1.29, 1.82) is 0 Å². The van der Waals surface area contributed by atoms with Gasteiger partial charge in [0.15, 0.2) is 0 Å². The summed E-state index contributed by atoms with van der Waals surface area (Å²) in [4.78, 5) is 20.2. The van der Waals surface area contributed by atoms with E-state index in [1.165, 1.54) is 24.2 Å². The van der Waals surface area contributed by atoms with Gasteiger partial charge in [0.05, 0.1) is 28.0 Å². The molecule has 0 saturated carbocycles. The zero-order valence-electron chi connectivity index (χ0n) is 18.8. The zero-order valence-corrected chi connectivity index (χ0v) is 20.4. The van der Waals surface area contributed by atoms with Crippen molar-refractivity contribution in [2.45, 2.75) is 50.9 Å². The molecule has 1 fully saturated rings. The summed E-state index contributed by atoms with van der Waals surface area (Å²) < 4.78 is 65.9. The van der Waals surface area contributed by atoms with E-state index in [0.717, 1.165) is 17.6 Å². The number of alkyl halides is 3. The maximum Gasteiger partial charge on any atom is 0.420 e. The van der Waals surface area contributed by atoms with Crippen LogP contribution < -0.4 is 11.1 Å². The number of hydrogen-bond donors (Lipinski definition) is 3. The van der Waals surface area contributed by atoms with Crippen LogP contribution in [0.4, 0.5) is 19.1 Å². The minimum Gasteiger partial charge on any atom is -0.390 e. The van der Waals surface area contributed by atoms with Crippen molar-refractivity contribution in [2.75, 3.05) is 24.7 Å². The normalized spacial score (nSPS) is 16.6. The van der Waals surface area contributed by atoms with Gasteiger partial charge in [0, 0.05) is 36.6 Å². The van der Waals surface area contributed by atoms with Gasteiger partial charge in [-0.25, -0.2) is 22.7 Å². The molecule has 1 aliphatic rings. The number of nitrogens with two attached hydrogens (primary N) is 1. The van der Waals surface area contributed by atoms with E-state index >= 15 is 0 Å². The summed E-state index contributed by atoms with van der Waals surface area (Å²) >= 11 is 0.904. The molecular formula is C20H26F3N5O4S2. The molecule has 0 atom stereocenters. The van der Waals surface area contributed by atoms with E-state index in [1.807, 2.05) is 0 Å². The average molecular weight is 522 g/mol. The fraction of sp³-hybridized carbons (Fsp3) is 0.550. The molecule has 1 aliphatic heterocycles. The molecule has 2 aromatic heterocycles. The Balaban J connectivity index is 1.95. The van der Waals surface area contributed by atoms with Crippen molar-refractivity contribution in [3.63, 3.8) is 0 Å². The second-order valence-corrected chi connectivity index (χ2v) is 12.0. The van der Waals surface area contributed by atoms with Gasteiger partial charge in [0.1, 0.15) is 5.56 Å². The molecule has 188 valence electrons. The highest BCUT2D eigenvalue weighted by molar-refractivity contribution is 7.88. The Hall–Kier alpha value is -2.29. The van der Waals surface area contributed by atoms with E-state index in [2.05, 4.69) is 15.3 Å². The van der Waals surface area contributed by atoms with E-state index in [0.29, 0.717) is 23.9 Å². The van der Waals surface area contributed by atoms with Crippen molar-refractivity contribution < 1.29 is 31.5 Å². The number of aliphatic hydroxyl groups is 1. The van der Waals surface area contributed by atoms with Gasteiger partial charge in [-0.3, -0.25) is 4.79 Å². The number of aromatic nitrogens is 2. The second-order valence-electron chi connectivity index (χ2n) is 8.84. The lowest BCUT2D eigenvalue weighted by Gasteiger charge is -2.30. The highest BCUT2D eigenvalue weighted by Gasteiger charge is 2.37. The summed E-state index contributed by atoms with van der Waals surface area (Å²) in [6, 6.07) is 1.03. The van der Waals surface area contributed by atoms with Gasteiger partial charge in [-0.15, -0.1) is 11.3 Å². The molecule has 1 amide bonds. The minimum atomic E-state index is -4.75. The van der Waals surface area contributed by atoms with E-state index in [9.17, 15) is 31.5 Å². The Morgan fingerprint density at radius 3 is 2.44 bits per heavy atom. The summed E-state index contributed by atoms with van der Waals surface area (Å²) in [6.07, 6.45) is -2.05. The van der Waals surface area contributed by atoms with Crippen molar-refractivity contribution in [1.82, 2.24) is 14.3 Å². The number of nitrogens with one attached hydrogen (secondary N) is 1. The number of amides is 1. The van der Waals surface area contributed by atoms with Crippen LogP contribution in [0.5, 0.6) is 0 Å². The molecule has 0 radical (unpaired) electrons. The fourth-order valence-electron chi connectivity index (χ4n) is 3.64. The fourth-order valence-corrected chi connectivity index (χ4v) is 5.90. The standard InChI is InChI=1S/C20H26F3N5O4S2/c1-19(2,30)9-15-12(17(24)29)8-14(33-15)16-13(20(21,22)23)10-25-18(27-16)26-11-4-6-28(7-5-11)34(3,31)32/h8,10-11,30H,4-7,9H2,1-3H3,(H2,24,29)(H,25,26,27). The molecular weight excluding hydrogens is 495 g/mol. The van der Waals surface area contributed by atoms with Crippen molar-refractivity contribution in [3.8, 4) is 10.6 Å². The lowest BCUT2D eigenvalue weighted by Crippen LogP contribution is -2.42. The number of carbonyl (C=O) groups is 1. The summed E-state index contributed by atoms with van der Waals surface area (Å²) in [6.45, 7) is 3.58.